The number of carbonyl (C=O) groups excluding carboxylic acids is 1. The number of carbonyl (C=O) groups is 1. The van der Waals surface area contributed by atoms with E-state index in [-0.39, 0.29) is 5.91 Å². The first kappa shape index (κ1) is 17.5. The summed E-state index contributed by atoms with van der Waals surface area (Å²) in [5, 5.41) is 11.1. The Bertz CT molecular complexity index is 1100. The van der Waals surface area contributed by atoms with E-state index in [0.29, 0.717) is 16.7 Å². The number of nitrogens with one attached hydrogen (secondary N) is 1. The predicted molar refractivity (Wildman–Crippen MR) is 107 cm³/mol. The molecule has 0 aliphatic carbocycles. The summed E-state index contributed by atoms with van der Waals surface area (Å²) < 4.78 is 7.56. The van der Waals surface area contributed by atoms with Crippen LogP contribution in [0.1, 0.15) is 26.5 Å². The van der Waals surface area contributed by atoms with E-state index >= 15 is 0 Å². The smallest absolute Gasteiger partial charge is 0.230 e. The number of aryl methyl sites for hydroxylation is 1. The average molecular weight is 380 g/mol. The molecule has 0 bridgehead atoms. The van der Waals surface area contributed by atoms with Crippen molar-refractivity contribution in [2.75, 3.05) is 5.32 Å². The second-order valence-electron chi connectivity index (χ2n) is 7.45. The van der Waals surface area contributed by atoms with Crippen LogP contribution >= 0.6 is 11.3 Å². The van der Waals surface area contributed by atoms with Crippen molar-refractivity contribution in [1.29, 1.82) is 0 Å². The Morgan fingerprint density at radius 1 is 1.22 bits per heavy atom. The largest absolute Gasteiger partial charge is 0.454 e. The van der Waals surface area contributed by atoms with Crippen molar-refractivity contribution in [2.24, 2.45) is 5.41 Å². The van der Waals surface area contributed by atoms with Gasteiger partial charge < -0.3 is 9.73 Å². The molecule has 0 fully saturated rings. The number of thiazole rings is 1. The van der Waals surface area contributed by atoms with Crippen molar-refractivity contribution >= 4 is 34.0 Å². The minimum Gasteiger partial charge on any atom is -0.454 e. The van der Waals surface area contributed by atoms with Crippen LogP contribution in [0.5, 0.6) is 0 Å². The number of rotatable bonds is 3. The molecule has 3 aromatic heterocycles. The Kier molecular flexibility index (Phi) is 4.11. The van der Waals surface area contributed by atoms with E-state index in [2.05, 4.69) is 15.4 Å². The van der Waals surface area contributed by atoms with Crippen LogP contribution in [-0.4, -0.2) is 20.7 Å². The minimum atomic E-state index is -0.495. The molecule has 0 saturated heterocycles. The third-order valence-corrected chi connectivity index (χ3v) is 4.92. The van der Waals surface area contributed by atoms with E-state index in [4.69, 9.17) is 4.42 Å². The number of fused-ring (bicyclic) bond motifs is 1. The first-order valence-corrected chi connectivity index (χ1v) is 9.52. The maximum absolute atomic E-state index is 12.4. The zero-order valence-electron chi connectivity index (χ0n) is 15.6. The molecule has 4 aromatic rings. The number of hydrogen-bond acceptors (Lipinski definition) is 5. The summed E-state index contributed by atoms with van der Waals surface area (Å²) in [5.74, 6) is 1.25. The normalized spacial score (nSPS) is 11.9. The van der Waals surface area contributed by atoms with Gasteiger partial charge in [-0.25, -0.2) is 4.98 Å². The fourth-order valence-electron chi connectivity index (χ4n) is 2.62. The molecule has 4 rings (SSSR count). The van der Waals surface area contributed by atoms with Gasteiger partial charge in [-0.15, -0.1) is 11.3 Å². The van der Waals surface area contributed by atoms with Crippen molar-refractivity contribution in [3.05, 3.63) is 47.5 Å². The van der Waals surface area contributed by atoms with Crippen LogP contribution in [-0.2, 0) is 4.79 Å². The van der Waals surface area contributed by atoms with Gasteiger partial charge in [-0.1, -0.05) is 39.0 Å². The number of amides is 1. The van der Waals surface area contributed by atoms with E-state index in [0.717, 1.165) is 22.4 Å². The number of para-hydroxylation sites is 1. The predicted octanol–water partition coefficient (Wildman–Crippen LogP) is 5.04. The summed E-state index contributed by atoms with van der Waals surface area (Å²) in [5.41, 5.74) is 1.88. The van der Waals surface area contributed by atoms with Crippen LogP contribution in [0.25, 0.3) is 27.6 Å². The first-order chi connectivity index (χ1) is 12.8. The zero-order chi connectivity index (χ0) is 19.2. The lowest BCUT2D eigenvalue weighted by Gasteiger charge is -2.17. The zero-order valence-corrected chi connectivity index (χ0v) is 16.4. The van der Waals surface area contributed by atoms with Crippen molar-refractivity contribution in [1.82, 2.24) is 14.8 Å². The first-order valence-electron chi connectivity index (χ1n) is 8.64. The Hall–Kier alpha value is -2.93. The molecule has 3 heterocycles. The summed E-state index contributed by atoms with van der Waals surface area (Å²) >= 11 is 1.45. The molecule has 0 spiro atoms. The molecule has 27 heavy (non-hydrogen) atoms. The lowest BCUT2D eigenvalue weighted by atomic mass is 9.96. The average Bonchev–Trinajstić information content (AvgIpc) is 3.30. The van der Waals surface area contributed by atoms with Gasteiger partial charge >= 0.3 is 0 Å². The molecule has 0 saturated carbocycles. The van der Waals surface area contributed by atoms with Gasteiger partial charge in [-0.2, -0.15) is 9.78 Å². The van der Waals surface area contributed by atoms with Crippen molar-refractivity contribution < 1.29 is 9.21 Å². The van der Waals surface area contributed by atoms with Gasteiger partial charge in [0.15, 0.2) is 5.76 Å². The highest BCUT2D eigenvalue weighted by Gasteiger charge is 2.23. The number of hydrogen-bond donors (Lipinski definition) is 1. The van der Waals surface area contributed by atoms with E-state index in [9.17, 15) is 4.79 Å². The summed E-state index contributed by atoms with van der Waals surface area (Å²) in [4.78, 5) is 17.0. The molecule has 0 aliphatic heterocycles. The van der Waals surface area contributed by atoms with Gasteiger partial charge in [-0.3, -0.25) is 4.79 Å². The maximum Gasteiger partial charge on any atom is 0.230 e. The van der Waals surface area contributed by atoms with Crippen LogP contribution in [0.3, 0.4) is 0 Å². The molecule has 0 atom stereocenters. The highest BCUT2D eigenvalue weighted by atomic mass is 32.1. The molecule has 0 aliphatic rings. The Morgan fingerprint density at radius 2 is 2.00 bits per heavy atom. The molecule has 138 valence electrons. The number of benzene rings is 1. The quantitative estimate of drug-likeness (QED) is 0.541. The fourth-order valence-corrected chi connectivity index (χ4v) is 3.40. The summed E-state index contributed by atoms with van der Waals surface area (Å²) in [6.45, 7) is 7.51. The molecule has 0 unspecified atom stereocenters. The summed E-state index contributed by atoms with van der Waals surface area (Å²) in [7, 11) is 0. The molecule has 1 aromatic carbocycles. The molecule has 1 amide bonds. The third kappa shape index (κ3) is 3.38. The highest BCUT2D eigenvalue weighted by molar-refractivity contribution is 7.12. The second-order valence-corrected chi connectivity index (χ2v) is 8.29. The second kappa shape index (κ2) is 6.35. The SMILES string of the molecule is Cc1cc(NC(=O)C(C)(C)C)n(-c2nc(-c3cc4ccccc4o3)cs2)n1. The molecular weight excluding hydrogens is 360 g/mol. The summed E-state index contributed by atoms with van der Waals surface area (Å²) in [6.07, 6.45) is 0. The topological polar surface area (TPSA) is 73.0 Å². The fraction of sp³-hybridized carbons (Fsp3) is 0.250. The number of anilines is 1. The van der Waals surface area contributed by atoms with Crippen LogP contribution in [0, 0.1) is 12.3 Å². The Morgan fingerprint density at radius 3 is 2.74 bits per heavy atom. The van der Waals surface area contributed by atoms with Crippen LogP contribution in [0.4, 0.5) is 5.82 Å². The van der Waals surface area contributed by atoms with Gasteiger partial charge in [-0.05, 0) is 19.1 Å². The molecule has 0 radical (unpaired) electrons. The van der Waals surface area contributed by atoms with Crippen LogP contribution < -0.4 is 5.32 Å². The Balaban J connectivity index is 1.68. The summed E-state index contributed by atoms with van der Waals surface area (Å²) in [6, 6.07) is 11.7. The number of aromatic nitrogens is 3. The van der Waals surface area contributed by atoms with E-state index < -0.39 is 5.41 Å². The molecule has 6 nitrogen and oxygen atoms in total. The lowest BCUT2D eigenvalue weighted by Crippen LogP contribution is -2.28. The van der Waals surface area contributed by atoms with E-state index in [1.54, 1.807) is 4.68 Å². The van der Waals surface area contributed by atoms with Crippen molar-refractivity contribution in [3.63, 3.8) is 0 Å². The van der Waals surface area contributed by atoms with Crippen molar-refractivity contribution in [3.8, 4) is 16.6 Å². The van der Waals surface area contributed by atoms with Crippen molar-refractivity contribution in [2.45, 2.75) is 27.7 Å². The van der Waals surface area contributed by atoms with Gasteiger partial charge in [0, 0.05) is 22.2 Å². The third-order valence-electron chi connectivity index (χ3n) is 4.11. The number of furan rings is 1. The molecule has 7 heteroatoms. The standard InChI is InChI=1S/C20H20N4O2S/c1-12-9-17(22-18(25)20(2,3)4)24(23-12)19-21-14(11-27-19)16-10-13-7-5-6-8-15(13)26-16/h5-11H,1-4H3,(H,22,25). The van der Waals surface area contributed by atoms with E-state index in [1.807, 2.05) is 69.5 Å². The maximum atomic E-state index is 12.4. The number of nitrogens with zero attached hydrogens (tertiary/aromatic N) is 3. The van der Waals surface area contributed by atoms with Gasteiger partial charge in [0.1, 0.15) is 17.1 Å². The lowest BCUT2D eigenvalue weighted by molar-refractivity contribution is -0.123. The Labute approximate surface area is 160 Å². The van der Waals surface area contributed by atoms with Gasteiger partial charge in [0.05, 0.1) is 5.69 Å². The molecular formula is C20H20N4O2S. The van der Waals surface area contributed by atoms with E-state index in [1.165, 1.54) is 11.3 Å². The minimum absolute atomic E-state index is 0.0716. The van der Waals surface area contributed by atoms with Crippen LogP contribution in [0.2, 0.25) is 0 Å². The molecule has 1 N–H and O–H groups in total. The van der Waals surface area contributed by atoms with Gasteiger partial charge in [0.2, 0.25) is 11.0 Å². The van der Waals surface area contributed by atoms with Crippen LogP contribution in [0.15, 0.2) is 46.2 Å². The monoisotopic (exact) mass is 380 g/mol. The highest BCUT2D eigenvalue weighted by Crippen LogP contribution is 2.31. The van der Waals surface area contributed by atoms with Gasteiger partial charge in [0.25, 0.3) is 0 Å².